The van der Waals surface area contributed by atoms with E-state index in [0.717, 1.165) is 0 Å². The van der Waals surface area contributed by atoms with Gasteiger partial charge in [0.05, 0.1) is 17.9 Å². The number of benzene rings is 2. The normalized spacial score (nSPS) is 12.8. The van der Waals surface area contributed by atoms with E-state index in [1.807, 2.05) is 0 Å². The number of nitrogens with zero attached hydrogens (tertiary/aromatic N) is 3. The molecular formula is C18H11ClFN3O2. The Morgan fingerprint density at radius 3 is 2.76 bits per heavy atom. The SMILES string of the molecule is O=C(O)c1cn2c(n1)CN=C(c1ccccc1F)c1cc(Cl)ccc1-2. The van der Waals surface area contributed by atoms with E-state index < -0.39 is 11.8 Å². The number of hydrogen-bond acceptors (Lipinski definition) is 3. The molecule has 0 saturated carbocycles. The van der Waals surface area contributed by atoms with Crippen molar-refractivity contribution in [3.05, 3.63) is 82.1 Å². The van der Waals surface area contributed by atoms with Gasteiger partial charge in [0.1, 0.15) is 11.6 Å². The molecule has 0 bridgehead atoms. The Hall–Kier alpha value is -2.99. The molecule has 4 rings (SSSR count). The number of carbonyl (C=O) groups is 1. The number of fused-ring (bicyclic) bond motifs is 3. The average molecular weight is 356 g/mol. The van der Waals surface area contributed by atoms with E-state index in [1.165, 1.54) is 12.3 Å². The zero-order valence-corrected chi connectivity index (χ0v) is 13.5. The number of aliphatic imine (C=N–C) groups is 1. The van der Waals surface area contributed by atoms with Gasteiger partial charge >= 0.3 is 5.97 Å². The summed E-state index contributed by atoms with van der Waals surface area (Å²) in [7, 11) is 0. The summed E-state index contributed by atoms with van der Waals surface area (Å²) in [4.78, 5) is 19.8. The molecule has 1 N–H and O–H groups in total. The Bertz CT molecular complexity index is 1040. The van der Waals surface area contributed by atoms with Crippen LogP contribution in [0, 0.1) is 5.82 Å². The Kier molecular flexibility index (Phi) is 3.62. The molecule has 1 aromatic heterocycles. The standard InChI is InChI=1S/C18H11ClFN3O2/c19-10-5-6-15-12(7-10)17(11-3-1-2-4-13(11)20)21-8-16-22-14(18(24)25)9-23(15)16/h1-7,9H,8H2,(H,24,25). The highest BCUT2D eigenvalue weighted by Crippen LogP contribution is 2.28. The smallest absolute Gasteiger partial charge is 0.356 e. The van der Waals surface area contributed by atoms with Gasteiger partial charge in [0.2, 0.25) is 0 Å². The second kappa shape index (κ2) is 5.82. The minimum atomic E-state index is -1.12. The number of imidazole rings is 1. The van der Waals surface area contributed by atoms with Gasteiger partial charge in [-0.25, -0.2) is 14.2 Å². The molecule has 2 aromatic carbocycles. The van der Waals surface area contributed by atoms with E-state index in [4.69, 9.17) is 11.6 Å². The molecule has 0 unspecified atom stereocenters. The van der Waals surface area contributed by atoms with Crippen LogP contribution in [0.5, 0.6) is 0 Å². The van der Waals surface area contributed by atoms with Crippen molar-refractivity contribution < 1.29 is 14.3 Å². The maximum Gasteiger partial charge on any atom is 0.356 e. The number of hydrogen-bond donors (Lipinski definition) is 1. The van der Waals surface area contributed by atoms with Gasteiger partial charge in [-0.05, 0) is 30.3 Å². The van der Waals surface area contributed by atoms with Gasteiger partial charge in [-0.3, -0.25) is 4.99 Å². The van der Waals surface area contributed by atoms with Crippen LogP contribution in [-0.4, -0.2) is 26.3 Å². The maximum atomic E-state index is 14.3. The Morgan fingerprint density at radius 1 is 1.20 bits per heavy atom. The van der Waals surface area contributed by atoms with Gasteiger partial charge < -0.3 is 9.67 Å². The molecular weight excluding hydrogens is 345 g/mol. The van der Waals surface area contributed by atoms with Crippen molar-refractivity contribution >= 4 is 23.3 Å². The largest absolute Gasteiger partial charge is 0.476 e. The molecule has 3 aromatic rings. The van der Waals surface area contributed by atoms with E-state index >= 15 is 0 Å². The van der Waals surface area contributed by atoms with Gasteiger partial charge in [-0.2, -0.15) is 0 Å². The molecule has 2 heterocycles. The summed E-state index contributed by atoms with van der Waals surface area (Å²) in [5, 5.41) is 9.66. The second-order valence-corrected chi connectivity index (χ2v) is 5.96. The Labute approximate surface area is 147 Å². The Balaban J connectivity index is 1.98. The van der Waals surface area contributed by atoms with Crippen LogP contribution in [0.15, 0.2) is 53.7 Å². The summed E-state index contributed by atoms with van der Waals surface area (Å²) in [6.45, 7) is 0.128. The fourth-order valence-electron chi connectivity index (χ4n) is 2.87. The van der Waals surface area contributed by atoms with Crippen LogP contribution < -0.4 is 0 Å². The molecule has 1 aliphatic heterocycles. The molecule has 0 saturated heterocycles. The van der Waals surface area contributed by atoms with Gasteiger partial charge in [0.25, 0.3) is 0 Å². The van der Waals surface area contributed by atoms with Crippen LogP contribution in [0.3, 0.4) is 0 Å². The van der Waals surface area contributed by atoms with Crippen molar-refractivity contribution in [3.8, 4) is 5.69 Å². The van der Waals surface area contributed by atoms with Crippen molar-refractivity contribution in [3.63, 3.8) is 0 Å². The summed E-state index contributed by atoms with van der Waals surface area (Å²) >= 11 is 6.14. The third-order valence-electron chi connectivity index (χ3n) is 3.98. The molecule has 0 radical (unpaired) electrons. The number of halogens is 2. The van der Waals surface area contributed by atoms with E-state index in [2.05, 4.69) is 9.98 Å². The highest BCUT2D eigenvalue weighted by atomic mass is 35.5. The molecule has 0 spiro atoms. The van der Waals surface area contributed by atoms with E-state index in [1.54, 1.807) is 41.0 Å². The zero-order valence-electron chi connectivity index (χ0n) is 12.8. The summed E-state index contributed by atoms with van der Waals surface area (Å²) in [6, 6.07) is 11.5. The van der Waals surface area contributed by atoms with Crippen LogP contribution in [0.1, 0.15) is 27.4 Å². The van der Waals surface area contributed by atoms with Crippen molar-refractivity contribution in [2.45, 2.75) is 6.54 Å². The summed E-state index contributed by atoms with van der Waals surface area (Å²) in [5.74, 6) is -1.04. The summed E-state index contributed by atoms with van der Waals surface area (Å²) in [5.41, 5.74) is 2.01. The van der Waals surface area contributed by atoms with Crippen LogP contribution in [0.4, 0.5) is 4.39 Å². The quantitative estimate of drug-likeness (QED) is 0.762. The van der Waals surface area contributed by atoms with Gasteiger partial charge in [-0.1, -0.05) is 23.7 Å². The minimum absolute atomic E-state index is 0.0690. The molecule has 25 heavy (non-hydrogen) atoms. The first-order valence-corrected chi connectivity index (χ1v) is 7.83. The third-order valence-corrected chi connectivity index (χ3v) is 4.21. The monoisotopic (exact) mass is 355 g/mol. The minimum Gasteiger partial charge on any atom is -0.476 e. The number of aromatic nitrogens is 2. The maximum absolute atomic E-state index is 14.3. The zero-order chi connectivity index (χ0) is 17.6. The van der Waals surface area contributed by atoms with Gasteiger partial charge in [0, 0.05) is 22.3 Å². The van der Waals surface area contributed by atoms with Gasteiger partial charge in [-0.15, -0.1) is 0 Å². The lowest BCUT2D eigenvalue weighted by Gasteiger charge is -2.12. The lowest BCUT2D eigenvalue weighted by molar-refractivity contribution is 0.0691. The fraction of sp³-hybridized carbons (Fsp3) is 0.0556. The highest BCUT2D eigenvalue weighted by Gasteiger charge is 2.23. The molecule has 124 valence electrons. The Morgan fingerprint density at radius 2 is 2.00 bits per heavy atom. The van der Waals surface area contributed by atoms with Crippen LogP contribution >= 0.6 is 11.6 Å². The van der Waals surface area contributed by atoms with Crippen LogP contribution in [0.2, 0.25) is 5.02 Å². The van der Waals surface area contributed by atoms with Gasteiger partial charge in [0.15, 0.2) is 5.69 Å². The molecule has 0 amide bonds. The molecule has 0 atom stereocenters. The fourth-order valence-corrected chi connectivity index (χ4v) is 3.04. The summed E-state index contributed by atoms with van der Waals surface area (Å²) < 4.78 is 16.0. The molecule has 1 aliphatic rings. The predicted molar refractivity (Wildman–Crippen MR) is 91.3 cm³/mol. The lowest BCUT2D eigenvalue weighted by atomic mass is 10.00. The topological polar surface area (TPSA) is 67.5 Å². The number of carboxylic acids is 1. The van der Waals surface area contributed by atoms with Crippen LogP contribution in [-0.2, 0) is 6.54 Å². The summed E-state index contributed by atoms with van der Waals surface area (Å²) in [6.07, 6.45) is 1.43. The second-order valence-electron chi connectivity index (χ2n) is 5.52. The molecule has 5 nitrogen and oxygen atoms in total. The first-order chi connectivity index (χ1) is 12.0. The number of rotatable bonds is 2. The third kappa shape index (κ3) is 2.60. The molecule has 7 heteroatoms. The van der Waals surface area contributed by atoms with Crippen molar-refractivity contribution in [1.29, 1.82) is 0 Å². The van der Waals surface area contributed by atoms with Crippen LogP contribution in [0.25, 0.3) is 5.69 Å². The van der Waals surface area contributed by atoms with E-state index in [-0.39, 0.29) is 12.2 Å². The lowest BCUT2D eigenvalue weighted by Crippen LogP contribution is -2.09. The van der Waals surface area contributed by atoms with Crippen molar-refractivity contribution in [2.24, 2.45) is 4.99 Å². The van der Waals surface area contributed by atoms with E-state index in [0.29, 0.717) is 33.4 Å². The highest BCUT2D eigenvalue weighted by molar-refractivity contribution is 6.31. The number of carboxylic acid groups (broad SMARTS) is 1. The molecule has 0 aliphatic carbocycles. The van der Waals surface area contributed by atoms with E-state index in [9.17, 15) is 14.3 Å². The first-order valence-electron chi connectivity index (χ1n) is 7.46. The first kappa shape index (κ1) is 15.5. The average Bonchev–Trinajstić information content (AvgIpc) is 2.95. The molecule has 0 fully saturated rings. The number of aromatic carboxylic acids is 1. The predicted octanol–water partition coefficient (Wildman–Crippen LogP) is 3.71. The van der Waals surface area contributed by atoms with Crippen molar-refractivity contribution in [1.82, 2.24) is 9.55 Å². The van der Waals surface area contributed by atoms with Crippen molar-refractivity contribution in [2.75, 3.05) is 0 Å².